The Kier molecular flexibility index (Phi) is 7.26. The van der Waals surface area contributed by atoms with E-state index in [1.807, 2.05) is 6.07 Å². The fourth-order valence-corrected chi connectivity index (χ4v) is 2.78. The topological polar surface area (TPSA) is 83.9 Å². The molecule has 2 aromatic rings. The first-order chi connectivity index (χ1) is 13.3. The van der Waals surface area contributed by atoms with E-state index in [4.69, 9.17) is 4.74 Å². The molecular weight excluding hydrogens is 365 g/mol. The number of carbonyl (C=O) groups excluding carboxylic acids is 2. The number of hydrogen-bond donors (Lipinski definition) is 1. The molecule has 0 aliphatic carbocycles. The number of methoxy groups -OCH3 is 1. The van der Waals surface area contributed by atoms with Crippen LogP contribution in [0.3, 0.4) is 0 Å². The fraction of sp³-hybridized carbons (Fsp3) is 0.286. The van der Waals surface area contributed by atoms with Crippen molar-refractivity contribution in [3.05, 3.63) is 65.5 Å². The number of carboxylic acid groups (broad SMARTS) is 1. The molecule has 0 heterocycles. The van der Waals surface area contributed by atoms with Crippen LogP contribution in [0.15, 0.2) is 48.5 Å². The molecule has 0 saturated carbocycles. The van der Waals surface area contributed by atoms with Gasteiger partial charge in [-0.1, -0.05) is 30.3 Å². The van der Waals surface area contributed by atoms with E-state index in [1.165, 1.54) is 26.3 Å². The number of amides is 1. The molecule has 1 N–H and O–H groups in total. The van der Waals surface area contributed by atoms with Crippen LogP contribution in [0.25, 0.3) is 0 Å². The molecule has 2 aromatic carbocycles. The maximum atomic E-state index is 13.7. The standard InChI is InChI=1S/C21H22FNO5/c1-23(17(21(26)27)12-14-6-4-3-5-7-14)20(25)11-9-18(24)15-8-10-19(28-2)16(22)13-15/h3-8,10,13,17H,9,11-12H2,1-2H3,(H,26,27). The summed E-state index contributed by atoms with van der Waals surface area (Å²) in [7, 11) is 2.73. The van der Waals surface area contributed by atoms with Crippen LogP contribution in [0.1, 0.15) is 28.8 Å². The lowest BCUT2D eigenvalue weighted by Gasteiger charge is -2.25. The second kappa shape index (κ2) is 9.64. The van der Waals surface area contributed by atoms with Crippen molar-refractivity contribution in [2.24, 2.45) is 0 Å². The molecule has 2 rings (SSSR count). The number of hydrogen-bond acceptors (Lipinski definition) is 4. The number of nitrogens with zero attached hydrogens (tertiary/aromatic N) is 1. The zero-order valence-electron chi connectivity index (χ0n) is 15.7. The van der Waals surface area contributed by atoms with E-state index in [1.54, 1.807) is 24.3 Å². The number of carboxylic acids is 1. The summed E-state index contributed by atoms with van der Waals surface area (Å²) < 4.78 is 18.5. The van der Waals surface area contributed by atoms with Crippen molar-refractivity contribution in [3.8, 4) is 5.75 Å². The number of carbonyl (C=O) groups is 3. The number of rotatable bonds is 9. The molecule has 148 valence electrons. The summed E-state index contributed by atoms with van der Waals surface area (Å²) in [4.78, 5) is 37.4. The van der Waals surface area contributed by atoms with Crippen molar-refractivity contribution >= 4 is 17.7 Å². The van der Waals surface area contributed by atoms with E-state index >= 15 is 0 Å². The van der Waals surface area contributed by atoms with E-state index in [0.29, 0.717) is 0 Å². The maximum Gasteiger partial charge on any atom is 0.326 e. The summed E-state index contributed by atoms with van der Waals surface area (Å²) in [5.41, 5.74) is 0.923. The van der Waals surface area contributed by atoms with Crippen molar-refractivity contribution < 1.29 is 28.6 Å². The van der Waals surface area contributed by atoms with Gasteiger partial charge in [0.05, 0.1) is 7.11 Å². The summed E-state index contributed by atoms with van der Waals surface area (Å²) in [5, 5.41) is 9.47. The zero-order valence-corrected chi connectivity index (χ0v) is 15.7. The van der Waals surface area contributed by atoms with Gasteiger partial charge in [-0.2, -0.15) is 0 Å². The summed E-state index contributed by atoms with van der Waals surface area (Å²) in [5.74, 6) is -2.63. The number of Topliss-reactive ketones (excluding diaryl/α,β-unsaturated/α-hetero) is 1. The number of benzene rings is 2. The van der Waals surface area contributed by atoms with Gasteiger partial charge in [0.1, 0.15) is 6.04 Å². The van der Waals surface area contributed by atoms with Gasteiger partial charge in [-0.05, 0) is 23.8 Å². The molecular formula is C21H22FNO5. The van der Waals surface area contributed by atoms with Crippen LogP contribution in [0.4, 0.5) is 4.39 Å². The molecule has 0 aliphatic heterocycles. The van der Waals surface area contributed by atoms with Gasteiger partial charge in [-0.25, -0.2) is 9.18 Å². The van der Waals surface area contributed by atoms with E-state index in [-0.39, 0.29) is 30.6 Å². The molecule has 7 heteroatoms. The van der Waals surface area contributed by atoms with Gasteiger partial charge in [0.25, 0.3) is 0 Å². The lowest BCUT2D eigenvalue weighted by molar-refractivity contribution is -0.148. The number of likely N-dealkylation sites (N-methyl/N-ethyl adjacent to an activating group) is 1. The van der Waals surface area contributed by atoms with E-state index in [2.05, 4.69) is 0 Å². The number of ether oxygens (including phenoxy) is 1. The molecule has 1 atom stereocenters. The molecule has 1 unspecified atom stereocenters. The molecule has 0 fully saturated rings. The van der Waals surface area contributed by atoms with Crippen LogP contribution in [0, 0.1) is 5.82 Å². The van der Waals surface area contributed by atoms with Crippen molar-refractivity contribution in [1.82, 2.24) is 4.90 Å². The van der Waals surface area contributed by atoms with Crippen LogP contribution in [-0.4, -0.2) is 47.9 Å². The Morgan fingerprint density at radius 3 is 2.36 bits per heavy atom. The molecule has 0 bridgehead atoms. The Labute approximate surface area is 162 Å². The number of ketones is 1. The van der Waals surface area contributed by atoms with Gasteiger partial charge in [0.15, 0.2) is 17.3 Å². The third kappa shape index (κ3) is 5.39. The normalized spacial score (nSPS) is 11.5. The van der Waals surface area contributed by atoms with E-state index in [9.17, 15) is 23.9 Å². The van der Waals surface area contributed by atoms with Gasteiger partial charge >= 0.3 is 5.97 Å². The lowest BCUT2D eigenvalue weighted by atomic mass is 10.0. The Bertz CT molecular complexity index is 853. The average molecular weight is 387 g/mol. The van der Waals surface area contributed by atoms with E-state index in [0.717, 1.165) is 16.5 Å². The Morgan fingerprint density at radius 2 is 1.79 bits per heavy atom. The van der Waals surface area contributed by atoms with Crippen molar-refractivity contribution in [3.63, 3.8) is 0 Å². The summed E-state index contributed by atoms with van der Waals surface area (Å²) in [6.07, 6.45) is -0.149. The first-order valence-corrected chi connectivity index (χ1v) is 8.72. The molecule has 28 heavy (non-hydrogen) atoms. The molecule has 0 spiro atoms. The van der Waals surface area contributed by atoms with Gasteiger partial charge in [-0.3, -0.25) is 9.59 Å². The fourth-order valence-electron chi connectivity index (χ4n) is 2.78. The summed E-state index contributed by atoms with van der Waals surface area (Å²) >= 11 is 0. The minimum absolute atomic E-state index is 0.0255. The molecule has 1 amide bonds. The number of aliphatic carboxylic acids is 1. The highest BCUT2D eigenvalue weighted by Gasteiger charge is 2.27. The lowest BCUT2D eigenvalue weighted by Crippen LogP contribution is -2.43. The second-order valence-corrected chi connectivity index (χ2v) is 6.32. The minimum atomic E-state index is -1.12. The van der Waals surface area contributed by atoms with Crippen LogP contribution in [0.5, 0.6) is 5.75 Å². The van der Waals surface area contributed by atoms with Crippen molar-refractivity contribution in [1.29, 1.82) is 0 Å². The predicted octanol–water partition coefficient (Wildman–Crippen LogP) is 2.95. The molecule has 0 saturated heterocycles. The first-order valence-electron chi connectivity index (χ1n) is 8.72. The van der Waals surface area contributed by atoms with Crippen LogP contribution < -0.4 is 4.74 Å². The zero-order chi connectivity index (χ0) is 20.7. The maximum absolute atomic E-state index is 13.7. The largest absolute Gasteiger partial charge is 0.494 e. The second-order valence-electron chi connectivity index (χ2n) is 6.32. The van der Waals surface area contributed by atoms with Crippen LogP contribution in [0.2, 0.25) is 0 Å². The Balaban J connectivity index is 1.99. The summed E-state index contributed by atoms with van der Waals surface area (Å²) in [6.45, 7) is 0. The molecule has 0 aromatic heterocycles. The average Bonchev–Trinajstić information content (AvgIpc) is 2.69. The third-order valence-corrected chi connectivity index (χ3v) is 4.46. The monoisotopic (exact) mass is 387 g/mol. The van der Waals surface area contributed by atoms with Gasteiger partial charge in [0.2, 0.25) is 5.91 Å². The number of halogens is 1. The highest BCUT2D eigenvalue weighted by atomic mass is 19.1. The molecule has 6 nitrogen and oxygen atoms in total. The highest BCUT2D eigenvalue weighted by molar-refractivity contribution is 5.98. The van der Waals surface area contributed by atoms with E-state index < -0.39 is 29.5 Å². The van der Waals surface area contributed by atoms with Crippen LogP contribution in [-0.2, 0) is 16.0 Å². The minimum Gasteiger partial charge on any atom is -0.494 e. The molecule has 0 radical (unpaired) electrons. The van der Waals surface area contributed by atoms with Crippen LogP contribution >= 0.6 is 0 Å². The first kappa shape index (κ1) is 21.1. The molecule has 0 aliphatic rings. The Morgan fingerprint density at radius 1 is 1.11 bits per heavy atom. The summed E-state index contributed by atoms with van der Waals surface area (Å²) in [6, 6.07) is 11.8. The van der Waals surface area contributed by atoms with Gasteiger partial charge in [0, 0.05) is 31.9 Å². The van der Waals surface area contributed by atoms with Gasteiger partial charge < -0.3 is 14.7 Å². The van der Waals surface area contributed by atoms with Crippen molar-refractivity contribution in [2.75, 3.05) is 14.2 Å². The quantitative estimate of drug-likeness (QED) is 0.669. The SMILES string of the molecule is COc1ccc(C(=O)CCC(=O)N(C)C(Cc2ccccc2)C(=O)O)cc1F. The smallest absolute Gasteiger partial charge is 0.326 e. The highest BCUT2D eigenvalue weighted by Crippen LogP contribution is 2.19. The Hall–Kier alpha value is -3.22. The third-order valence-electron chi connectivity index (χ3n) is 4.46. The van der Waals surface area contributed by atoms with Gasteiger partial charge in [-0.15, -0.1) is 0 Å². The predicted molar refractivity (Wildman–Crippen MR) is 101 cm³/mol. The van der Waals surface area contributed by atoms with Crippen molar-refractivity contribution in [2.45, 2.75) is 25.3 Å².